The predicted octanol–water partition coefficient (Wildman–Crippen LogP) is 2.11. The van der Waals surface area contributed by atoms with Gasteiger partial charge in [-0.05, 0) is 43.7 Å². The van der Waals surface area contributed by atoms with Crippen LogP contribution in [0.2, 0.25) is 0 Å². The predicted molar refractivity (Wildman–Crippen MR) is 73.1 cm³/mol. The van der Waals surface area contributed by atoms with Crippen molar-refractivity contribution in [2.75, 3.05) is 33.3 Å². The van der Waals surface area contributed by atoms with Crippen molar-refractivity contribution in [1.29, 1.82) is 0 Å². The fourth-order valence-corrected chi connectivity index (χ4v) is 2.68. The molecule has 1 fully saturated rings. The summed E-state index contributed by atoms with van der Waals surface area (Å²) in [4.78, 5) is 2.56. The first-order valence-electron chi connectivity index (χ1n) is 6.92. The molecule has 1 aliphatic heterocycles. The zero-order valence-electron chi connectivity index (χ0n) is 12.0. The zero-order valence-corrected chi connectivity index (χ0v) is 12.0. The minimum atomic E-state index is 0.232. The third-order valence-corrected chi connectivity index (χ3v) is 4.18. The van der Waals surface area contributed by atoms with Gasteiger partial charge in [-0.25, -0.2) is 0 Å². The first-order valence-corrected chi connectivity index (χ1v) is 6.92. The Balaban J connectivity index is 2.23. The third kappa shape index (κ3) is 4.94. The Kier molecular flexibility index (Phi) is 5.90. The molecule has 0 aliphatic carbocycles. The SMILES string of the molecule is COC(CN)CCN1CCC(C(C)(C)C)CC1. The lowest BCUT2D eigenvalue weighted by Crippen LogP contribution is -2.39. The molecule has 102 valence electrons. The second kappa shape index (κ2) is 6.72. The van der Waals surface area contributed by atoms with E-state index in [4.69, 9.17) is 10.5 Å². The minimum absolute atomic E-state index is 0.232. The molecule has 3 heteroatoms. The summed E-state index contributed by atoms with van der Waals surface area (Å²) < 4.78 is 5.31. The van der Waals surface area contributed by atoms with Gasteiger partial charge in [-0.3, -0.25) is 0 Å². The van der Waals surface area contributed by atoms with Crippen molar-refractivity contribution in [3.63, 3.8) is 0 Å². The van der Waals surface area contributed by atoms with Crippen LogP contribution in [0.15, 0.2) is 0 Å². The van der Waals surface area contributed by atoms with Gasteiger partial charge in [-0.15, -0.1) is 0 Å². The smallest absolute Gasteiger partial charge is 0.0705 e. The molecule has 0 aromatic rings. The Morgan fingerprint density at radius 3 is 2.29 bits per heavy atom. The monoisotopic (exact) mass is 242 g/mol. The van der Waals surface area contributed by atoms with Crippen molar-refractivity contribution in [3.05, 3.63) is 0 Å². The summed E-state index contributed by atoms with van der Waals surface area (Å²) in [5.74, 6) is 0.881. The summed E-state index contributed by atoms with van der Waals surface area (Å²) >= 11 is 0. The van der Waals surface area contributed by atoms with E-state index in [1.54, 1.807) is 7.11 Å². The fourth-order valence-electron chi connectivity index (χ4n) is 2.68. The molecule has 0 spiro atoms. The van der Waals surface area contributed by atoms with Crippen molar-refractivity contribution in [2.45, 2.75) is 46.1 Å². The van der Waals surface area contributed by atoms with Crippen LogP contribution in [0.5, 0.6) is 0 Å². The number of hydrogen-bond donors (Lipinski definition) is 1. The van der Waals surface area contributed by atoms with Gasteiger partial charge in [-0.2, -0.15) is 0 Å². The van der Waals surface area contributed by atoms with Gasteiger partial charge in [-0.1, -0.05) is 20.8 Å². The van der Waals surface area contributed by atoms with E-state index in [-0.39, 0.29) is 6.10 Å². The molecular weight excluding hydrogens is 212 g/mol. The molecule has 1 unspecified atom stereocenters. The summed E-state index contributed by atoms with van der Waals surface area (Å²) in [6.07, 6.45) is 3.97. The Morgan fingerprint density at radius 1 is 1.29 bits per heavy atom. The summed E-state index contributed by atoms with van der Waals surface area (Å²) in [7, 11) is 1.75. The maximum atomic E-state index is 5.63. The second-order valence-corrected chi connectivity index (χ2v) is 6.36. The fraction of sp³-hybridized carbons (Fsp3) is 1.00. The molecular formula is C14H30N2O. The number of nitrogens with zero attached hydrogens (tertiary/aromatic N) is 1. The van der Waals surface area contributed by atoms with Crippen molar-refractivity contribution in [2.24, 2.45) is 17.1 Å². The van der Waals surface area contributed by atoms with Crippen LogP contribution < -0.4 is 5.73 Å². The van der Waals surface area contributed by atoms with Crippen LogP contribution in [0.3, 0.4) is 0 Å². The Morgan fingerprint density at radius 2 is 1.88 bits per heavy atom. The maximum Gasteiger partial charge on any atom is 0.0705 e. The van der Waals surface area contributed by atoms with Gasteiger partial charge in [0.15, 0.2) is 0 Å². The summed E-state index contributed by atoms with van der Waals surface area (Å²) in [5, 5.41) is 0. The van der Waals surface area contributed by atoms with Gasteiger partial charge < -0.3 is 15.4 Å². The number of nitrogens with two attached hydrogens (primary N) is 1. The zero-order chi connectivity index (χ0) is 12.9. The van der Waals surface area contributed by atoms with E-state index in [9.17, 15) is 0 Å². The number of rotatable bonds is 5. The highest BCUT2D eigenvalue weighted by molar-refractivity contribution is 4.80. The van der Waals surface area contributed by atoms with E-state index >= 15 is 0 Å². The van der Waals surface area contributed by atoms with E-state index in [1.165, 1.54) is 25.9 Å². The molecule has 1 saturated heterocycles. The molecule has 0 aromatic heterocycles. The molecule has 1 heterocycles. The highest BCUT2D eigenvalue weighted by Gasteiger charge is 2.28. The molecule has 1 atom stereocenters. The van der Waals surface area contributed by atoms with Crippen molar-refractivity contribution >= 4 is 0 Å². The molecule has 0 amide bonds. The number of ether oxygens (including phenoxy) is 1. The van der Waals surface area contributed by atoms with E-state index in [1.807, 2.05) is 0 Å². The van der Waals surface area contributed by atoms with Crippen LogP contribution in [-0.4, -0.2) is 44.3 Å². The normalized spacial score (nSPS) is 21.7. The van der Waals surface area contributed by atoms with E-state index in [0.29, 0.717) is 12.0 Å². The van der Waals surface area contributed by atoms with Gasteiger partial charge in [0, 0.05) is 20.2 Å². The van der Waals surface area contributed by atoms with Gasteiger partial charge >= 0.3 is 0 Å². The first kappa shape index (κ1) is 14.9. The number of hydrogen-bond acceptors (Lipinski definition) is 3. The summed E-state index contributed by atoms with van der Waals surface area (Å²) in [5.41, 5.74) is 6.11. The van der Waals surface area contributed by atoms with Gasteiger partial charge in [0.2, 0.25) is 0 Å². The van der Waals surface area contributed by atoms with Crippen LogP contribution in [-0.2, 0) is 4.74 Å². The Labute approximate surface area is 107 Å². The molecule has 2 N–H and O–H groups in total. The number of piperidine rings is 1. The first-order chi connectivity index (χ1) is 7.97. The van der Waals surface area contributed by atoms with Crippen molar-refractivity contribution in [1.82, 2.24) is 4.90 Å². The number of methoxy groups -OCH3 is 1. The molecule has 0 radical (unpaired) electrons. The molecule has 1 rings (SSSR count). The lowest BCUT2D eigenvalue weighted by Gasteiger charge is -2.39. The largest absolute Gasteiger partial charge is 0.380 e. The molecule has 0 bridgehead atoms. The second-order valence-electron chi connectivity index (χ2n) is 6.36. The Bertz CT molecular complexity index is 201. The minimum Gasteiger partial charge on any atom is -0.380 e. The maximum absolute atomic E-state index is 5.63. The highest BCUT2D eigenvalue weighted by atomic mass is 16.5. The van der Waals surface area contributed by atoms with Crippen molar-refractivity contribution in [3.8, 4) is 0 Å². The molecule has 0 saturated carbocycles. The van der Waals surface area contributed by atoms with Crippen LogP contribution >= 0.6 is 0 Å². The van der Waals surface area contributed by atoms with Crippen molar-refractivity contribution < 1.29 is 4.74 Å². The van der Waals surface area contributed by atoms with Crippen LogP contribution in [0.1, 0.15) is 40.0 Å². The molecule has 3 nitrogen and oxygen atoms in total. The average Bonchev–Trinajstić information content (AvgIpc) is 2.30. The molecule has 17 heavy (non-hydrogen) atoms. The summed E-state index contributed by atoms with van der Waals surface area (Å²) in [6, 6.07) is 0. The molecule has 1 aliphatic rings. The van der Waals surface area contributed by atoms with Gasteiger partial charge in [0.1, 0.15) is 0 Å². The highest BCUT2D eigenvalue weighted by Crippen LogP contribution is 2.34. The van der Waals surface area contributed by atoms with Crippen LogP contribution in [0, 0.1) is 11.3 Å². The van der Waals surface area contributed by atoms with E-state index < -0.39 is 0 Å². The lowest BCUT2D eigenvalue weighted by atomic mass is 9.75. The number of likely N-dealkylation sites (tertiary alicyclic amines) is 1. The summed E-state index contributed by atoms with van der Waals surface area (Å²) in [6.45, 7) is 11.3. The van der Waals surface area contributed by atoms with Crippen LogP contribution in [0.4, 0.5) is 0 Å². The van der Waals surface area contributed by atoms with E-state index in [2.05, 4.69) is 25.7 Å². The van der Waals surface area contributed by atoms with E-state index in [0.717, 1.165) is 18.9 Å². The standard InChI is InChI=1S/C14H30N2O/c1-14(2,3)12-5-8-16(9-6-12)10-7-13(11-15)17-4/h12-13H,5-11,15H2,1-4H3. The molecule has 0 aromatic carbocycles. The lowest BCUT2D eigenvalue weighted by molar-refractivity contribution is 0.0707. The van der Waals surface area contributed by atoms with Gasteiger partial charge in [0.25, 0.3) is 0 Å². The van der Waals surface area contributed by atoms with Crippen LogP contribution in [0.25, 0.3) is 0 Å². The quantitative estimate of drug-likeness (QED) is 0.802. The topological polar surface area (TPSA) is 38.5 Å². The Hall–Kier alpha value is -0.120. The third-order valence-electron chi connectivity index (χ3n) is 4.18. The van der Waals surface area contributed by atoms with Gasteiger partial charge in [0.05, 0.1) is 6.10 Å². The average molecular weight is 242 g/mol.